The van der Waals surface area contributed by atoms with E-state index in [0.29, 0.717) is 17.7 Å². The van der Waals surface area contributed by atoms with Gasteiger partial charge in [0.1, 0.15) is 22.2 Å². The average Bonchev–Trinajstić information content (AvgIpc) is 2.62. The Morgan fingerprint density at radius 1 is 1.30 bits per heavy atom. The van der Waals surface area contributed by atoms with E-state index in [0.717, 1.165) is 6.26 Å². The molecule has 0 saturated carbocycles. The maximum Gasteiger partial charge on any atom is 0.283 e. The number of aromatic nitrogens is 3. The molecule has 1 aliphatic heterocycles. The van der Waals surface area contributed by atoms with Gasteiger partial charge in [0.05, 0.1) is 13.1 Å². The smallest absolute Gasteiger partial charge is 0.283 e. The Balaban J connectivity index is 1.95. The molecule has 1 aliphatic rings. The molecule has 1 amide bonds. The van der Waals surface area contributed by atoms with Crippen LogP contribution in [0.15, 0.2) is 23.1 Å². The molecule has 0 N–H and O–H groups in total. The van der Waals surface area contributed by atoms with E-state index < -0.39 is 21.9 Å². The van der Waals surface area contributed by atoms with Crippen molar-refractivity contribution in [1.82, 2.24) is 23.7 Å². The van der Waals surface area contributed by atoms with Gasteiger partial charge in [0.2, 0.25) is 0 Å². The standard InChI is InChI=1S/C17H23N5O4S/c1-12(2)11-22-15-13(5-4-6-18-15)19-14(17(22)24)16(23)20-7-9-21(10-8-20)27(3,25)26/h4-6,12H,7-11H2,1-3H3. The molecular weight excluding hydrogens is 370 g/mol. The predicted octanol–water partition coefficient (Wildman–Crippen LogP) is 0.380. The van der Waals surface area contributed by atoms with E-state index in [-0.39, 0.29) is 37.8 Å². The molecule has 10 heteroatoms. The van der Waals surface area contributed by atoms with Crippen LogP contribution in [0.5, 0.6) is 0 Å². The third-order valence-corrected chi connectivity index (χ3v) is 5.75. The summed E-state index contributed by atoms with van der Waals surface area (Å²) in [5.74, 6) is -0.284. The molecule has 3 rings (SSSR count). The van der Waals surface area contributed by atoms with E-state index in [1.807, 2.05) is 13.8 Å². The maximum absolute atomic E-state index is 12.9. The number of rotatable bonds is 4. The fourth-order valence-corrected chi connectivity index (χ4v) is 3.95. The SMILES string of the molecule is CC(C)Cn1c(=O)c(C(=O)N2CCN([S+](C)(=O)[O-])CC2)nc2cccnc21. The second kappa shape index (κ2) is 7.45. The molecule has 0 bridgehead atoms. The number of pyridine rings is 1. The maximum atomic E-state index is 12.9. The lowest BCUT2D eigenvalue weighted by molar-refractivity contribution is 0.0685. The first-order chi connectivity index (χ1) is 12.7. The minimum atomic E-state index is -3.29. The van der Waals surface area contributed by atoms with Crippen LogP contribution in [0.1, 0.15) is 24.3 Å². The highest BCUT2D eigenvalue weighted by atomic mass is 32.3. The molecule has 0 radical (unpaired) electrons. The van der Waals surface area contributed by atoms with Gasteiger partial charge in [-0.3, -0.25) is 14.2 Å². The number of amides is 1. The molecule has 2 aromatic rings. The van der Waals surface area contributed by atoms with Gasteiger partial charge in [0, 0.05) is 25.8 Å². The number of fused-ring (bicyclic) bond motifs is 1. The quantitative estimate of drug-likeness (QED) is 0.694. The summed E-state index contributed by atoms with van der Waals surface area (Å²) in [5.41, 5.74) is 0.319. The van der Waals surface area contributed by atoms with E-state index in [2.05, 4.69) is 9.97 Å². The Morgan fingerprint density at radius 3 is 2.56 bits per heavy atom. The summed E-state index contributed by atoms with van der Waals surface area (Å²) in [5, 5.41) is 0. The number of carbonyl (C=O) groups excluding carboxylic acids is 1. The van der Waals surface area contributed by atoms with E-state index >= 15 is 0 Å². The molecule has 27 heavy (non-hydrogen) atoms. The number of piperazine rings is 1. The molecule has 9 nitrogen and oxygen atoms in total. The van der Waals surface area contributed by atoms with Gasteiger partial charge in [-0.1, -0.05) is 18.1 Å². The molecule has 2 aromatic heterocycles. The Bertz CT molecular complexity index is 959. The van der Waals surface area contributed by atoms with Crippen LogP contribution in [-0.2, 0) is 21.2 Å². The molecule has 0 spiro atoms. The fraction of sp³-hybridized carbons (Fsp3) is 0.529. The Kier molecular flexibility index (Phi) is 5.41. The summed E-state index contributed by atoms with van der Waals surface area (Å²) in [6.07, 6.45) is 2.74. The first-order valence-corrected chi connectivity index (χ1v) is 10.6. The van der Waals surface area contributed by atoms with E-state index in [1.54, 1.807) is 18.3 Å². The zero-order valence-corrected chi connectivity index (χ0v) is 16.4. The van der Waals surface area contributed by atoms with Crippen LogP contribution in [0.3, 0.4) is 0 Å². The lowest BCUT2D eigenvalue weighted by Gasteiger charge is -2.34. The van der Waals surface area contributed by atoms with Gasteiger partial charge in [-0.05, 0) is 18.1 Å². The van der Waals surface area contributed by atoms with Gasteiger partial charge in [0.25, 0.3) is 11.5 Å². The highest BCUT2D eigenvalue weighted by molar-refractivity contribution is 7.94. The zero-order chi connectivity index (χ0) is 19.8. The average molecular weight is 393 g/mol. The molecule has 1 atom stereocenters. The molecule has 1 fully saturated rings. The third-order valence-electron chi connectivity index (χ3n) is 4.45. The highest BCUT2D eigenvalue weighted by Gasteiger charge is 2.31. The minimum absolute atomic E-state index is 0.149. The van der Waals surface area contributed by atoms with Gasteiger partial charge in [-0.2, -0.15) is 0 Å². The van der Waals surface area contributed by atoms with Crippen molar-refractivity contribution in [2.75, 3.05) is 32.4 Å². The van der Waals surface area contributed by atoms with Crippen molar-refractivity contribution in [2.45, 2.75) is 20.4 Å². The van der Waals surface area contributed by atoms with Crippen LogP contribution < -0.4 is 5.56 Å². The van der Waals surface area contributed by atoms with Crippen LogP contribution in [0, 0.1) is 5.92 Å². The van der Waals surface area contributed by atoms with Crippen LogP contribution in [0.2, 0.25) is 0 Å². The van der Waals surface area contributed by atoms with Crippen LogP contribution in [-0.4, -0.2) is 66.6 Å². The van der Waals surface area contributed by atoms with E-state index in [4.69, 9.17) is 0 Å². The van der Waals surface area contributed by atoms with Crippen molar-refractivity contribution in [2.24, 2.45) is 5.92 Å². The first kappa shape index (κ1) is 19.6. The summed E-state index contributed by atoms with van der Waals surface area (Å²) in [6, 6.07) is 3.43. The van der Waals surface area contributed by atoms with Crippen LogP contribution in [0.25, 0.3) is 11.2 Å². The summed E-state index contributed by atoms with van der Waals surface area (Å²) in [7, 11) is -3.29. The van der Waals surface area contributed by atoms with E-state index in [1.165, 1.54) is 13.8 Å². The summed E-state index contributed by atoms with van der Waals surface area (Å²) >= 11 is 0. The highest BCUT2D eigenvalue weighted by Crippen LogP contribution is 2.13. The molecule has 3 heterocycles. The number of nitrogens with zero attached hydrogens (tertiary/aromatic N) is 5. The number of hydrogen-bond acceptors (Lipinski definition) is 6. The van der Waals surface area contributed by atoms with Gasteiger partial charge in [0.15, 0.2) is 11.3 Å². The first-order valence-electron chi connectivity index (χ1n) is 8.78. The number of hydrogen-bond donors (Lipinski definition) is 0. The summed E-state index contributed by atoms with van der Waals surface area (Å²) in [4.78, 5) is 35.8. The van der Waals surface area contributed by atoms with Crippen molar-refractivity contribution in [3.63, 3.8) is 0 Å². The van der Waals surface area contributed by atoms with Crippen molar-refractivity contribution in [3.05, 3.63) is 34.4 Å². The Labute approximate surface area is 158 Å². The molecule has 1 unspecified atom stereocenters. The summed E-state index contributed by atoms with van der Waals surface area (Å²) in [6.45, 7) is 5.25. The lowest BCUT2D eigenvalue weighted by atomic mass is 10.2. The normalized spacial score (nSPS) is 18.0. The Morgan fingerprint density at radius 2 is 1.96 bits per heavy atom. The molecule has 0 aromatic carbocycles. The van der Waals surface area contributed by atoms with Gasteiger partial charge < -0.3 is 9.45 Å². The van der Waals surface area contributed by atoms with Gasteiger partial charge >= 0.3 is 0 Å². The minimum Gasteiger partial charge on any atom is -0.598 e. The Hall–Kier alpha value is -2.17. The fourth-order valence-electron chi connectivity index (χ4n) is 3.12. The monoisotopic (exact) mass is 393 g/mol. The third kappa shape index (κ3) is 4.07. The molecule has 0 aliphatic carbocycles. The van der Waals surface area contributed by atoms with Gasteiger partial charge in [-0.15, -0.1) is 4.31 Å². The van der Waals surface area contributed by atoms with Crippen LogP contribution in [0.4, 0.5) is 0 Å². The second-order valence-electron chi connectivity index (χ2n) is 7.07. The van der Waals surface area contributed by atoms with Crippen LogP contribution >= 0.6 is 0 Å². The second-order valence-corrected chi connectivity index (χ2v) is 9.05. The number of sulfonamides is 1. The topological polar surface area (TPSA) is 111 Å². The molecule has 1 saturated heterocycles. The van der Waals surface area contributed by atoms with Crippen molar-refractivity contribution in [3.8, 4) is 0 Å². The van der Waals surface area contributed by atoms with Crippen molar-refractivity contribution in [1.29, 1.82) is 0 Å². The van der Waals surface area contributed by atoms with Crippen molar-refractivity contribution >= 4 is 27.5 Å². The predicted molar refractivity (Wildman–Crippen MR) is 101 cm³/mol. The zero-order valence-electron chi connectivity index (χ0n) is 15.6. The van der Waals surface area contributed by atoms with E-state index in [9.17, 15) is 18.4 Å². The largest absolute Gasteiger partial charge is 0.598 e. The van der Waals surface area contributed by atoms with Crippen molar-refractivity contribution < 1.29 is 13.6 Å². The van der Waals surface area contributed by atoms with Gasteiger partial charge in [-0.25, -0.2) is 9.97 Å². The number of carbonyl (C=O) groups is 1. The molecular formula is C17H23N5O4S. The summed E-state index contributed by atoms with van der Waals surface area (Å²) < 4.78 is 26.1. The lowest BCUT2D eigenvalue weighted by Crippen LogP contribution is -2.52. The molecule has 146 valence electrons.